The van der Waals surface area contributed by atoms with Gasteiger partial charge in [0.05, 0.1) is 25.4 Å². The van der Waals surface area contributed by atoms with Gasteiger partial charge in [0, 0.05) is 37.8 Å². The summed E-state index contributed by atoms with van der Waals surface area (Å²) in [5.41, 5.74) is 2.06. The van der Waals surface area contributed by atoms with Crippen molar-refractivity contribution in [1.29, 1.82) is 0 Å². The molecule has 2 fully saturated rings. The van der Waals surface area contributed by atoms with Gasteiger partial charge < -0.3 is 14.4 Å². The van der Waals surface area contributed by atoms with Crippen molar-refractivity contribution < 1.29 is 14.3 Å². The lowest BCUT2D eigenvalue weighted by molar-refractivity contribution is -0.136. The van der Waals surface area contributed by atoms with Gasteiger partial charge in [0.1, 0.15) is 12.4 Å². The van der Waals surface area contributed by atoms with Crippen molar-refractivity contribution in [2.24, 2.45) is 0 Å². The Labute approximate surface area is 158 Å². The van der Waals surface area contributed by atoms with E-state index in [0.717, 1.165) is 24.0 Å². The van der Waals surface area contributed by atoms with Crippen molar-refractivity contribution in [1.82, 2.24) is 19.9 Å². The van der Waals surface area contributed by atoms with Crippen LogP contribution in [0.4, 0.5) is 0 Å². The van der Waals surface area contributed by atoms with Gasteiger partial charge in [0.15, 0.2) is 0 Å². The van der Waals surface area contributed by atoms with Crippen LogP contribution in [-0.2, 0) is 27.3 Å². The van der Waals surface area contributed by atoms with Gasteiger partial charge in [-0.15, -0.1) is 0 Å². The van der Waals surface area contributed by atoms with E-state index in [0.29, 0.717) is 32.6 Å². The third-order valence-electron chi connectivity index (χ3n) is 5.31. The Kier molecular flexibility index (Phi) is 5.69. The van der Waals surface area contributed by atoms with E-state index in [1.54, 1.807) is 24.8 Å². The van der Waals surface area contributed by atoms with Gasteiger partial charge in [-0.3, -0.25) is 9.78 Å². The molecule has 142 valence electrons. The summed E-state index contributed by atoms with van der Waals surface area (Å²) in [6.07, 6.45) is 11.5. The van der Waals surface area contributed by atoms with Gasteiger partial charge in [-0.2, -0.15) is 0 Å². The molecule has 1 saturated carbocycles. The Morgan fingerprint density at radius 1 is 1.15 bits per heavy atom. The average Bonchev–Trinajstić information content (AvgIpc) is 3.01. The molecule has 1 saturated heterocycles. The second-order valence-electron chi connectivity index (χ2n) is 7.02. The van der Waals surface area contributed by atoms with E-state index in [9.17, 15) is 4.79 Å². The zero-order valence-corrected chi connectivity index (χ0v) is 15.2. The van der Waals surface area contributed by atoms with E-state index in [1.807, 2.05) is 17.0 Å². The summed E-state index contributed by atoms with van der Waals surface area (Å²) >= 11 is 0. The number of hydrogen-bond donors (Lipinski definition) is 0. The van der Waals surface area contributed by atoms with Crippen molar-refractivity contribution in [2.75, 3.05) is 13.2 Å². The fourth-order valence-corrected chi connectivity index (χ4v) is 3.94. The molecule has 3 unspecified atom stereocenters. The van der Waals surface area contributed by atoms with Gasteiger partial charge in [-0.1, -0.05) is 0 Å². The van der Waals surface area contributed by atoms with Crippen LogP contribution in [0.15, 0.2) is 43.2 Å². The lowest BCUT2D eigenvalue weighted by atomic mass is 10.1. The number of carbonyl (C=O) groups excluding carboxylic acids is 1. The summed E-state index contributed by atoms with van der Waals surface area (Å²) in [4.78, 5) is 26.9. The molecule has 7 heteroatoms. The Morgan fingerprint density at radius 2 is 1.96 bits per heavy atom. The topological polar surface area (TPSA) is 77.4 Å². The minimum Gasteiger partial charge on any atom is -0.374 e. The number of nitrogens with zero attached hydrogens (tertiary/aromatic N) is 4. The minimum absolute atomic E-state index is 0.0668. The van der Waals surface area contributed by atoms with Gasteiger partial charge in [-0.05, 0) is 42.5 Å². The van der Waals surface area contributed by atoms with Crippen LogP contribution in [0.1, 0.15) is 30.4 Å². The van der Waals surface area contributed by atoms with E-state index >= 15 is 0 Å². The molecule has 0 spiro atoms. The van der Waals surface area contributed by atoms with Gasteiger partial charge >= 0.3 is 0 Å². The van der Waals surface area contributed by atoms with Crippen molar-refractivity contribution in [2.45, 2.75) is 50.5 Å². The maximum Gasteiger partial charge on any atom is 0.223 e. The van der Waals surface area contributed by atoms with Crippen LogP contribution < -0.4 is 0 Å². The molecule has 1 aliphatic carbocycles. The number of pyridine rings is 1. The highest BCUT2D eigenvalue weighted by Crippen LogP contribution is 2.33. The molecule has 2 aromatic rings. The van der Waals surface area contributed by atoms with E-state index in [2.05, 4.69) is 15.0 Å². The first kappa shape index (κ1) is 18.0. The maximum absolute atomic E-state index is 12.9. The number of aryl methyl sites for hydroxylation is 1. The molecule has 0 N–H and O–H groups in total. The molecule has 0 aromatic carbocycles. The molecule has 1 amide bonds. The molecule has 3 heterocycles. The number of carbonyl (C=O) groups is 1. The minimum atomic E-state index is -0.0790. The number of ether oxygens (including phenoxy) is 2. The first-order valence-electron chi connectivity index (χ1n) is 9.47. The Hall–Kier alpha value is -2.38. The van der Waals surface area contributed by atoms with Crippen LogP contribution in [0.5, 0.6) is 0 Å². The highest BCUT2D eigenvalue weighted by atomic mass is 16.5. The predicted octanol–water partition coefficient (Wildman–Crippen LogP) is 1.78. The van der Waals surface area contributed by atoms with Gasteiger partial charge in [-0.25, -0.2) is 9.97 Å². The zero-order valence-electron chi connectivity index (χ0n) is 15.2. The molecule has 1 aliphatic heterocycles. The molecule has 4 rings (SSSR count). The highest BCUT2D eigenvalue weighted by Gasteiger charge is 2.44. The Balaban J connectivity index is 1.39. The SMILES string of the molecule is O=C(CCc1cncnc1)N1CCOC2CCC1C2OCc1ccncc1. The van der Waals surface area contributed by atoms with Crippen molar-refractivity contribution in [3.05, 3.63) is 54.4 Å². The molecular weight excluding hydrogens is 344 g/mol. The largest absolute Gasteiger partial charge is 0.374 e. The number of amides is 1. The van der Waals surface area contributed by atoms with Gasteiger partial charge in [0.25, 0.3) is 0 Å². The third-order valence-corrected chi connectivity index (χ3v) is 5.31. The molecule has 2 aliphatic rings. The Morgan fingerprint density at radius 3 is 2.78 bits per heavy atom. The van der Waals surface area contributed by atoms with Crippen LogP contribution in [0.3, 0.4) is 0 Å². The van der Waals surface area contributed by atoms with Crippen molar-refractivity contribution in [3.8, 4) is 0 Å². The number of hydrogen-bond acceptors (Lipinski definition) is 6. The van der Waals surface area contributed by atoms with E-state index in [-0.39, 0.29) is 24.2 Å². The first-order chi connectivity index (χ1) is 13.3. The molecule has 27 heavy (non-hydrogen) atoms. The third kappa shape index (κ3) is 4.31. The smallest absolute Gasteiger partial charge is 0.223 e. The van der Waals surface area contributed by atoms with E-state index in [1.165, 1.54) is 6.33 Å². The van der Waals surface area contributed by atoms with Crippen LogP contribution in [0.2, 0.25) is 0 Å². The molecule has 0 radical (unpaired) electrons. The predicted molar refractivity (Wildman–Crippen MR) is 97.6 cm³/mol. The summed E-state index contributed by atoms with van der Waals surface area (Å²) in [5.74, 6) is 0.146. The summed E-state index contributed by atoms with van der Waals surface area (Å²) in [6, 6.07) is 3.98. The lowest BCUT2D eigenvalue weighted by Gasteiger charge is -2.31. The number of rotatable bonds is 6. The fraction of sp³-hybridized carbons (Fsp3) is 0.500. The van der Waals surface area contributed by atoms with Crippen LogP contribution in [-0.4, -0.2) is 57.2 Å². The molecule has 2 aromatic heterocycles. The maximum atomic E-state index is 12.9. The van der Waals surface area contributed by atoms with Crippen LogP contribution in [0, 0.1) is 0 Å². The average molecular weight is 368 g/mol. The van der Waals surface area contributed by atoms with E-state index in [4.69, 9.17) is 9.47 Å². The lowest BCUT2D eigenvalue weighted by Crippen LogP contribution is -2.46. The van der Waals surface area contributed by atoms with Gasteiger partial charge in [0.2, 0.25) is 5.91 Å². The molecule has 3 atom stereocenters. The van der Waals surface area contributed by atoms with Crippen molar-refractivity contribution in [3.63, 3.8) is 0 Å². The van der Waals surface area contributed by atoms with E-state index < -0.39 is 0 Å². The molecular formula is C20H24N4O3. The summed E-state index contributed by atoms with van der Waals surface area (Å²) in [7, 11) is 0. The molecule has 2 bridgehead atoms. The summed E-state index contributed by atoms with van der Waals surface area (Å²) < 4.78 is 12.2. The normalized spacial score (nSPS) is 24.6. The number of fused-ring (bicyclic) bond motifs is 2. The second kappa shape index (κ2) is 8.54. The standard InChI is InChI=1S/C20H24N4O3/c25-19(4-1-16-11-22-14-23-12-16)24-9-10-26-18-3-2-17(24)20(18)27-13-15-5-7-21-8-6-15/h5-8,11-12,14,17-18,20H,1-4,9-10,13H2. The zero-order chi connectivity index (χ0) is 18.5. The van der Waals surface area contributed by atoms with Crippen LogP contribution in [0.25, 0.3) is 0 Å². The summed E-state index contributed by atoms with van der Waals surface area (Å²) in [5, 5.41) is 0. The Bertz CT molecular complexity index is 743. The molecule has 7 nitrogen and oxygen atoms in total. The first-order valence-corrected chi connectivity index (χ1v) is 9.47. The highest BCUT2D eigenvalue weighted by molar-refractivity contribution is 5.77. The van der Waals surface area contributed by atoms with Crippen LogP contribution >= 0.6 is 0 Å². The quantitative estimate of drug-likeness (QED) is 0.773. The summed E-state index contributed by atoms with van der Waals surface area (Å²) in [6.45, 7) is 1.70. The fourth-order valence-electron chi connectivity index (χ4n) is 3.94. The van der Waals surface area contributed by atoms with Crippen molar-refractivity contribution >= 4 is 5.91 Å². The second-order valence-corrected chi connectivity index (χ2v) is 7.02. The monoisotopic (exact) mass is 368 g/mol. The number of aromatic nitrogens is 3.